The molecule has 0 N–H and O–H groups in total. The fourth-order valence-corrected chi connectivity index (χ4v) is 6.90. The second kappa shape index (κ2) is 11.6. The van der Waals surface area contributed by atoms with Crippen LogP contribution in [0.5, 0.6) is 6.01 Å². The van der Waals surface area contributed by atoms with Crippen LogP contribution in [0.15, 0.2) is 48.4 Å². The van der Waals surface area contributed by atoms with Gasteiger partial charge in [0.15, 0.2) is 5.82 Å². The summed E-state index contributed by atoms with van der Waals surface area (Å²) in [6.07, 6.45) is 3.33. The number of likely N-dealkylation sites (N-methyl/N-ethyl adjacent to an activating group) is 1. The molecule has 0 bridgehead atoms. The number of hydrogen-bond acceptors (Lipinski definition) is 7. The lowest BCUT2D eigenvalue weighted by molar-refractivity contribution is -0.128. The molecule has 4 heterocycles. The number of hydrogen-bond donors (Lipinski definition) is 0. The number of amides is 1. The van der Waals surface area contributed by atoms with Crippen LogP contribution in [-0.2, 0) is 4.79 Å². The highest BCUT2D eigenvalue weighted by Gasteiger charge is 2.33. The number of rotatable bonds is 7. The number of anilines is 1. The summed E-state index contributed by atoms with van der Waals surface area (Å²) in [5, 5.41) is 2.37. The normalized spacial score (nSPS) is 19.4. The van der Waals surface area contributed by atoms with Crippen molar-refractivity contribution in [2.75, 3.05) is 51.3 Å². The van der Waals surface area contributed by atoms with Crippen molar-refractivity contribution in [1.29, 1.82) is 0 Å². The molecule has 2 aromatic heterocycles. The van der Waals surface area contributed by atoms with Crippen LogP contribution in [0, 0.1) is 18.2 Å². The van der Waals surface area contributed by atoms with Crippen molar-refractivity contribution in [2.24, 2.45) is 0 Å². The first kappa shape index (κ1) is 28.0. The highest BCUT2D eigenvalue weighted by atomic mass is 32.1. The zero-order valence-electron chi connectivity index (χ0n) is 23.2. The molecule has 2 aliphatic heterocycles. The summed E-state index contributed by atoms with van der Waals surface area (Å²) in [6, 6.07) is 8.56. The van der Waals surface area contributed by atoms with E-state index in [1.54, 1.807) is 35.2 Å². The quantitative estimate of drug-likeness (QED) is 0.213. The lowest BCUT2D eigenvalue weighted by Gasteiger charge is -2.39. The highest BCUT2D eigenvalue weighted by Crippen LogP contribution is 2.39. The van der Waals surface area contributed by atoms with E-state index in [1.165, 1.54) is 22.8 Å². The predicted molar refractivity (Wildman–Crippen MR) is 161 cm³/mol. The Labute approximate surface area is 246 Å². The van der Waals surface area contributed by atoms with Crippen LogP contribution < -0.4 is 9.64 Å². The third-order valence-electron chi connectivity index (χ3n) is 8.23. The number of ether oxygens (including phenoxy) is 1. The fraction of sp³-hybridized carbons (Fsp3) is 0.355. The Kier molecular flexibility index (Phi) is 7.75. The van der Waals surface area contributed by atoms with Crippen LogP contribution in [0.2, 0.25) is 0 Å². The van der Waals surface area contributed by atoms with E-state index in [4.69, 9.17) is 16.3 Å². The molecule has 0 radical (unpaired) electrons. The SMILES string of the molecule is [C-]#[N+]C[C@H]1CN(c2nc(OC[C@@H]3CCCN3C)nc3c(F)c(-c4cccc5c(F)csc45)ccc23)CCN1C(=O)C=C. The van der Waals surface area contributed by atoms with Crippen LogP contribution in [0.25, 0.3) is 37.0 Å². The van der Waals surface area contributed by atoms with Crippen LogP contribution in [0.3, 0.4) is 0 Å². The van der Waals surface area contributed by atoms with Crippen molar-refractivity contribution < 1.29 is 18.3 Å². The van der Waals surface area contributed by atoms with Gasteiger partial charge in [0, 0.05) is 57.7 Å². The summed E-state index contributed by atoms with van der Waals surface area (Å²) in [4.78, 5) is 31.2. The van der Waals surface area contributed by atoms with E-state index in [0.717, 1.165) is 19.4 Å². The van der Waals surface area contributed by atoms with Crippen molar-refractivity contribution in [1.82, 2.24) is 19.8 Å². The molecular weight excluding hydrogens is 558 g/mol. The first-order valence-electron chi connectivity index (χ1n) is 13.9. The van der Waals surface area contributed by atoms with Gasteiger partial charge in [0.2, 0.25) is 12.5 Å². The molecule has 2 atom stereocenters. The zero-order valence-corrected chi connectivity index (χ0v) is 24.0. The number of fused-ring (bicyclic) bond motifs is 2. The number of thiophene rings is 1. The van der Waals surface area contributed by atoms with Crippen LogP contribution in [0.1, 0.15) is 12.8 Å². The second-order valence-electron chi connectivity index (χ2n) is 10.7. The number of nitrogens with zero attached hydrogens (tertiary/aromatic N) is 6. The Balaban J connectivity index is 1.44. The van der Waals surface area contributed by atoms with E-state index in [9.17, 15) is 9.18 Å². The average molecular weight is 589 g/mol. The summed E-state index contributed by atoms with van der Waals surface area (Å²) in [5.41, 5.74) is 1.01. The number of likely N-dealkylation sites (tertiary alicyclic amines) is 1. The van der Waals surface area contributed by atoms with Crippen LogP contribution in [0.4, 0.5) is 14.6 Å². The molecule has 4 aromatic rings. The number of aromatic nitrogens is 2. The number of carbonyl (C=O) groups excluding carboxylic acids is 1. The van der Waals surface area contributed by atoms with Gasteiger partial charge in [-0.3, -0.25) is 4.79 Å². The minimum Gasteiger partial charge on any atom is -0.462 e. The third kappa shape index (κ3) is 5.05. The highest BCUT2D eigenvalue weighted by molar-refractivity contribution is 7.17. The molecule has 0 spiro atoms. The number of carbonyl (C=O) groups is 1. The standard InChI is InChI=1S/C31H30F2N6O2S/c1-4-26(40)39-14-13-38(16-20(39)15-34-2)30-24-11-10-21(22-8-5-9-23-25(32)18-42-29(22)23)27(33)28(24)35-31(36-30)41-17-19-7-6-12-37(19)3/h4-5,8-11,18-20H,1,6-7,12-17H2,3H3/t19-,20-/m0/s1. The zero-order chi connectivity index (χ0) is 29.4. The maximum absolute atomic E-state index is 16.5. The van der Waals surface area contributed by atoms with E-state index in [1.807, 2.05) is 4.90 Å². The molecule has 2 saturated heterocycles. The molecule has 216 valence electrons. The molecule has 2 fully saturated rings. The summed E-state index contributed by atoms with van der Waals surface area (Å²) in [6.45, 7) is 13.7. The van der Waals surface area contributed by atoms with E-state index in [0.29, 0.717) is 58.7 Å². The van der Waals surface area contributed by atoms with Gasteiger partial charge >= 0.3 is 6.01 Å². The molecule has 42 heavy (non-hydrogen) atoms. The third-order valence-corrected chi connectivity index (χ3v) is 9.23. The molecule has 6 rings (SSSR count). The van der Waals surface area contributed by atoms with Crippen LogP contribution in [-0.4, -0.2) is 84.1 Å². The smallest absolute Gasteiger partial charge is 0.319 e. The molecule has 2 aromatic carbocycles. The lowest BCUT2D eigenvalue weighted by atomic mass is 10.0. The first-order chi connectivity index (χ1) is 20.4. The minimum atomic E-state index is -0.543. The van der Waals surface area contributed by atoms with Crippen molar-refractivity contribution >= 4 is 44.1 Å². The van der Waals surface area contributed by atoms with Crippen molar-refractivity contribution in [3.8, 4) is 17.1 Å². The number of halogens is 2. The maximum atomic E-state index is 16.5. The number of piperazine rings is 1. The van der Waals surface area contributed by atoms with E-state index >= 15 is 4.39 Å². The summed E-state index contributed by atoms with van der Waals surface area (Å²) < 4.78 is 37.6. The Morgan fingerprint density at radius 1 is 1.17 bits per heavy atom. The van der Waals surface area contributed by atoms with E-state index in [-0.39, 0.29) is 41.9 Å². The van der Waals surface area contributed by atoms with Gasteiger partial charge in [0.1, 0.15) is 29.8 Å². The molecule has 0 unspecified atom stereocenters. The predicted octanol–water partition coefficient (Wildman–Crippen LogP) is 5.39. The average Bonchev–Trinajstić information content (AvgIpc) is 3.60. The summed E-state index contributed by atoms with van der Waals surface area (Å²) in [7, 11) is 2.05. The molecular formula is C31H30F2N6O2S. The van der Waals surface area contributed by atoms with Gasteiger partial charge in [-0.1, -0.05) is 30.8 Å². The van der Waals surface area contributed by atoms with Crippen molar-refractivity contribution in [2.45, 2.75) is 24.9 Å². The Morgan fingerprint density at radius 2 is 2.02 bits per heavy atom. The van der Waals surface area contributed by atoms with Crippen molar-refractivity contribution in [3.05, 3.63) is 71.4 Å². The minimum absolute atomic E-state index is 0.0700. The largest absolute Gasteiger partial charge is 0.462 e. The van der Waals surface area contributed by atoms with Crippen molar-refractivity contribution in [3.63, 3.8) is 0 Å². The first-order valence-corrected chi connectivity index (χ1v) is 14.8. The summed E-state index contributed by atoms with van der Waals surface area (Å²) >= 11 is 1.23. The Morgan fingerprint density at radius 3 is 2.79 bits per heavy atom. The molecule has 2 aliphatic rings. The maximum Gasteiger partial charge on any atom is 0.319 e. The fourth-order valence-electron chi connectivity index (χ4n) is 5.95. The molecule has 0 aliphatic carbocycles. The van der Waals surface area contributed by atoms with Gasteiger partial charge in [0.25, 0.3) is 0 Å². The summed E-state index contributed by atoms with van der Waals surface area (Å²) in [5.74, 6) is -0.617. The molecule has 8 nitrogen and oxygen atoms in total. The van der Waals surface area contributed by atoms with Gasteiger partial charge < -0.3 is 24.3 Å². The molecule has 1 amide bonds. The van der Waals surface area contributed by atoms with Gasteiger partial charge in [-0.15, -0.1) is 11.3 Å². The molecule has 11 heteroatoms. The number of benzene rings is 2. The van der Waals surface area contributed by atoms with E-state index < -0.39 is 5.82 Å². The van der Waals surface area contributed by atoms with Gasteiger partial charge in [-0.05, 0) is 38.6 Å². The van der Waals surface area contributed by atoms with Gasteiger partial charge in [-0.2, -0.15) is 9.97 Å². The van der Waals surface area contributed by atoms with Gasteiger partial charge in [-0.25, -0.2) is 15.4 Å². The Bertz CT molecular complexity index is 1720. The molecule has 0 saturated carbocycles. The van der Waals surface area contributed by atoms with Gasteiger partial charge in [0.05, 0.1) is 0 Å². The topological polar surface area (TPSA) is 66.2 Å². The Hall–Kier alpha value is -4.14. The second-order valence-corrected chi connectivity index (χ2v) is 11.6. The van der Waals surface area contributed by atoms with E-state index in [2.05, 4.69) is 28.4 Å². The van der Waals surface area contributed by atoms with Crippen LogP contribution >= 0.6 is 11.3 Å². The monoisotopic (exact) mass is 588 g/mol. The lowest BCUT2D eigenvalue weighted by Crippen LogP contribution is -2.56.